The van der Waals surface area contributed by atoms with Crippen molar-refractivity contribution in [2.24, 2.45) is 0 Å². The fourth-order valence-corrected chi connectivity index (χ4v) is 2.63. The smallest absolute Gasteiger partial charge is 0.330 e. The largest absolute Gasteiger partial charge is 0.394 e. The van der Waals surface area contributed by atoms with Crippen LogP contribution in [0.1, 0.15) is 23.0 Å². The SMILES string of the molecule is O=C(Nc1ccccc1)c1cn([C@H]2C[C@@H](O)C(CO)O2)c(=O)[nH]c1=O. The van der Waals surface area contributed by atoms with Crippen molar-refractivity contribution >= 4 is 11.6 Å². The summed E-state index contributed by atoms with van der Waals surface area (Å²) in [7, 11) is 0. The Hall–Kier alpha value is -2.75. The second kappa shape index (κ2) is 7.01. The first-order chi connectivity index (χ1) is 12.0. The summed E-state index contributed by atoms with van der Waals surface area (Å²) >= 11 is 0. The zero-order valence-corrected chi connectivity index (χ0v) is 13.1. The van der Waals surface area contributed by atoms with Crippen molar-refractivity contribution in [1.82, 2.24) is 9.55 Å². The van der Waals surface area contributed by atoms with Crippen LogP contribution < -0.4 is 16.6 Å². The number of aromatic amines is 1. The number of ether oxygens (including phenoxy) is 1. The molecule has 0 saturated carbocycles. The summed E-state index contributed by atoms with van der Waals surface area (Å²) in [6.45, 7) is -0.406. The highest BCUT2D eigenvalue weighted by Gasteiger charge is 2.35. The molecule has 2 aromatic rings. The van der Waals surface area contributed by atoms with Gasteiger partial charge in [-0.25, -0.2) is 4.79 Å². The van der Waals surface area contributed by atoms with Crippen LogP contribution >= 0.6 is 0 Å². The zero-order valence-electron chi connectivity index (χ0n) is 13.1. The molecule has 0 radical (unpaired) electrons. The fraction of sp³-hybridized carbons (Fsp3) is 0.312. The number of aliphatic hydroxyl groups excluding tert-OH is 2. The molecule has 2 heterocycles. The van der Waals surface area contributed by atoms with Crippen LogP contribution in [0.5, 0.6) is 0 Å². The first-order valence-corrected chi connectivity index (χ1v) is 7.66. The molecule has 4 N–H and O–H groups in total. The Kier molecular flexibility index (Phi) is 4.79. The Morgan fingerprint density at radius 3 is 2.68 bits per heavy atom. The van der Waals surface area contributed by atoms with Crippen molar-refractivity contribution in [2.45, 2.75) is 24.9 Å². The maximum atomic E-state index is 12.3. The summed E-state index contributed by atoms with van der Waals surface area (Å²) in [5, 5.41) is 21.5. The molecule has 0 bridgehead atoms. The van der Waals surface area contributed by atoms with Gasteiger partial charge in [-0.3, -0.25) is 19.1 Å². The van der Waals surface area contributed by atoms with Crippen molar-refractivity contribution in [1.29, 1.82) is 0 Å². The van der Waals surface area contributed by atoms with Crippen LogP contribution in [-0.4, -0.2) is 44.5 Å². The summed E-state index contributed by atoms with van der Waals surface area (Å²) in [4.78, 5) is 38.4. The molecule has 9 heteroatoms. The summed E-state index contributed by atoms with van der Waals surface area (Å²) in [5.74, 6) is -0.682. The normalized spacial score (nSPS) is 22.7. The lowest BCUT2D eigenvalue weighted by Crippen LogP contribution is -2.36. The molecule has 9 nitrogen and oxygen atoms in total. The maximum absolute atomic E-state index is 12.3. The van der Waals surface area contributed by atoms with Gasteiger partial charge in [0, 0.05) is 18.3 Å². The van der Waals surface area contributed by atoms with Crippen molar-refractivity contribution in [3.05, 3.63) is 62.9 Å². The third kappa shape index (κ3) is 3.53. The second-order valence-corrected chi connectivity index (χ2v) is 5.64. The highest BCUT2D eigenvalue weighted by molar-refractivity contribution is 6.03. The molecular weight excluding hydrogens is 330 g/mol. The molecule has 0 aliphatic carbocycles. The predicted molar refractivity (Wildman–Crippen MR) is 87.3 cm³/mol. The Labute approximate surface area is 141 Å². The van der Waals surface area contributed by atoms with Crippen molar-refractivity contribution in [2.75, 3.05) is 11.9 Å². The van der Waals surface area contributed by atoms with Gasteiger partial charge in [-0.15, -0.1) is 0 Å². The van der Waals surface area contributed by atoms with E-state index in [0.717, 1.165) is 10.8 Å². The van der Waals surface area contributed by atoms with E-state index in [4.69, 9.17) is 9.84 Å². The molecule has 132 valence electrons. The number of aliphatic hydroxyl groups is 2. The van der Waals surface area contributed by atoms with E-state index in [0.29, 0.717) is 5.69 Å². The summed E-state index contributed by atoms with van der Waals surface area (Å²) in [5.41, 5.74) is -1.37. The van der Waals surface area contributed by atoms with Crippen molar-refractivity contribution in [3.8, 4) is 0 Å². The van der Waals surface area contributed by atoms with E-state index < -0.39 is 42.2 Å². The van der Waals surface area contributed by atoms with E-state index in [1.807, 2.05) is 0 Å². The number of benzene rings is 1. The molecule has 3 atom stereocenters. The quantitative estimate of drug-likeness (QED) is 0.585. The fourth-order valence-electron chi connectivity index (χ4n) is 2.63. The first-order valence-electron chi connectivity index (χ1n) is 7.66. The average molecular weight is 347 g/mol. The summed E-state index contributed by atoms with van der Waals surface area (Å²) in [6, 6.07) is 8.55. The Morgan fingerprint density at radius 2 is 2.04 bits per heavy atom. The van der Waals surface area contributed by atoms with Gasteiger partial charge in [-0.2, -0.15) is 0 Å². The number of para-hydroxylation sites is 1. The highest BCUT2D eigenvalue weighted by atomic mass is 16.5. The van der Waals surface area contributed by atoms with Crippen LogP contribution in [0.25, 0.3) is 0 Å². The molecular formula is C16H17N3O6. The number of rotatable bonds is 4. The predicted octanol–water partition coefficient (Wildman–Crippen LogP) is -0.570. The van der Waals surface area contributed by atoms with E-state index >= 15 is 0 Å². The van der Waals surface area contributed by atoms with E-state index in [1.54, 1.807) is 30.3 Å². The minimum Gasteiger partial charge on any atom is -0.394 e. The third-order valence-electron chi connectivity index (χ3n) is 3.94. The van der Waals surface area contributed by atoms with Gasteiger partial charge in [0.25, 0.3) is 11.5 Å². The minimum absolute atomic E-state index is 0.0525. The number of carbonyl (C=O) groups excluding carboxylic acids is 1. The molecule has 25 heavy (non-hydrogen) atoms. The lowest BCUT2D eigenvalue weighted by atomic mass is 10.2. The molecule has 0 spiro atoms. The van der Waals surface area contributed by atoms with Gasteiger partial charge < -0.3 is 20.3 Å². The van der Waals surface area contributed by atoms with Gasteiger partial charge in [-0.05, 0) is 12.1 Å². The number of hydrogen-bond acceptors (Lipinski definition) is 6. The van der Waals surface area contributed by atoms with Gasteiger partial charge >= 0.3 is 5.69 Å². The number of nitrogens with one attached hydrogen (secondary N) is 2. The van der Waals surface area contributed by atoms with Gasteiger partial charge in [-0.1, -0.05) is 18.2 Å². The van der Waals surface area contributed by atoms with Gasteiger partial charge in [0.05, 0.1) is 12.7 Å². The van der Waals surface area contributed by atoms with Crippen LogP contribution in [0.4, 0.5) is 5.69 Å². The molecule has 3 rings (SSSR count). The van der Waals surface area contributed by atoms with E-state index in [-0.39, 0.29) is 12.0 Å². The Morgan fingerprint density at radius 1 is 1.32 bits per heavy atom. The molecule has 1 aromatic carbocycles. The number of nitrogens with zero attached hydrogens (tertiary/aromatic N) is 1. The second-order valence-electron chi connectivity index (χ2n) is 5.64. The first kappa shape index (κ1) is 17.1. The van der Waals surface area contributed by atoms with Crippen LogP contribution in [0, 0.1) is 0 Å². The molecule has 1 aliphatic rings. The lowest BCUT2D eigenvalue weighted by molar-refractivity contribution is -0.0459. The molecule has 1 aliphatic heterocycles. The standard InChI is InChI=1S/C16H17N3O6/c20-8-12-11(21)6-13(25-12)19-7-10(15(23)18-16(19)24)14(22)17-9-4-2-1-3-5-9/h1-5,7,11-13,20-21H,6,8H2,(H,17,22)(H,18,23,24)/t11-,12?,13-/m1/s1. The molecule has 1 fully saturated rings. The number of hydrogen-bond donors (Lipinski definition) is 4. The third-order valence-corrected chi connectivity index (χ3v) is 3.94. The molecule has 1 unspecified atom stereocenters. The van der Waals surface area contributed by atoms with Crippen LogP contribution in [0.15, 0.2) is 46.1 Å². The molecule has 1 aromatic heterocycles. The maximum Gasteiger partial charge on any atom is 0.330 e. The number of anilines is 1. The van der Waals surface area contributed by atoms with E-state index in [2.05, 4.69) is 10.3 Å². The zero-order chi connectivity index (χ0) is 18.0. The van der Waals surface area contributed by atoms with E-state index in [9.17, 15) is 19.5 Å². The molecule has 1 amide bonds. The van der Waals surface area contributed by atoms with E-state index in [1.165, 1.54) is 0 Å². The monoisotopic (exact) mass is 347 g/mol. The molecule has 1 saturated heterocycles. The van der Waals surface area contributed by atoms with Gasteiger partial charge in [0.15, 0.2) is 0 Å². The minimum atomic E-state index is -0.949. The summed E-state index contributed by atoms with van der Waals surface area (Å²) in [6.07, 6.45) is -1.52. The number of aromatic nitrogens is 2. The van der Waals surface area contributed by atoms with Gasteiger partial charge in [0.1, 0.15) is 17.9 Å². The van der Waals surface area contributed by atoms with Crippen molar-refractivity contribution in [3.63, 3.8) is 0 Å². The Bertz CT molecular complexity index is 875. The highest BCUT2D eigenvalue weighted by Crippen LogP contribution is 2.27. The van der Waals surface area contributed by atoms with Crippen LogP contribution in [0.3, 0.4) is 0 Å². The topological polar surface area (TPSA) is 134 Å². The number of amides is 1. The number of carbonyl (C=O) groups is 1. The Balaban J connectivity index is 1.90. The lowest BCUT2D eigenvalue weighted by Gasteiger charge is -2.15. The summed E-state index contributed by atoms with van der Waals surface area (Å²) < 4.78 is 6.42. The van der Waals surface area contributed by atoms with Crippen LogP contribution in [-0.2, 0) is 4.74 Å². The van der Waals surface area contributed by atoms with Crippen LogP contribution in [0.2, 0.25) is 0 Å². The van der Waals surface area contributed by atoms with Crippen molar-refractivity contribution < 1.29 is 19.7 Å². The van der Waals surface area contributed by atoms with Gasteiger partial charge in [0.2, 0.25) is 0 Å². The average Bonchev–Trinajstić information content (AvgIpc) is 2.96. The number of H-pyrrole nitrogens is 1.